The molecule has 6 rings (SSSR count). The zero-order valence-electron chi connectivity index (χ0n) is 28.5. The van der Waals surface area contributed by atoms with E-state index in [-0.39, 0.29) is 26.4 Å². The van der Waals surface area contributed by atoms with Crippen LogP contribution in [0.5, 0.6) is 11.5 Å². The largest absolute Gasteiger partial charge is 0.497 e. The maximum absolute atomic E-state index is 13.5. The highest BCUT2D eigenvalue weighted by Gasteiger charge is 2.50. The number of amides is 1. The third-order valence-corrected chi connectivity index (χ3v) is 8.42. The van der Waals surface area contributed by atoms with Crippen LogP contribution in [0, 0.1) is 0 Å². The normalized spacial score (nSPS) is 19.9. The van der Waals surface area contributed by atoms with E-state index in [2.05, 4.69) is 5.32 Å². The number of methoxy groups -OCH3 is 1. The van der Waals surface area contributed by atoms with Gasteiger partial charge in [0.2, 0.25) is 6.29 Å². The molecule has 5 atom stereocenters. The molecule has 0 aromatic heterocycles. The number of ether oxygens (including phenoxy) is 7. The van der Waals surface area contributed by atoms with Gasteiger partial charge in [0.15, 0.2) is 0 Å². The maximum atomic E-state index is 13.5. The molecule has 264 valence electrons. The molecule has 1 fully saturated rings. The molecule has 1 N–H and O–H groups in total. The van der Waals surface area contributed by atoms with Gasteiger partial charge in [0.25, 0.3) is 0 Å². The average Bonchev–Trinajstić information content (AvgIpc) is 3.18. The summed E-state index contributed by atoms with van der Waals surface area (Å²) in [5.74, 6) is 1.19. The van der Waals surface area contributed by atoms with Crippen LogP contribution < -0.4 is 14.8 Å². The van der Waals surface area contributed by atoms with Crippen molar-refractivity contribution in [2.24, 2.45) is 0 Å². The van der Waals surface area contributed by atoms with Crippen LogP contribution in [0.25, 0.3) is 0 Å². The SMILES string of the molecule is COc1ccc(O[C@H]2O[C@H](COCc3ccccc3)[C@@H](OCc3ccccc3)[C@H](OCc3ccccc3)[C@H]2NC(=O)OCc2ccccc2)cc1. The van der Waals surface area contributed by atoms with Gasteiger partial charge >= 0.3 is 6.09 Å². The van der Waals surface area contributed by atoms with Crippen molar-refractivity contribution in [2.75, 3.05) is 13.7 Å². The fraction of sp³-hybridized carbons (Fsp3) is 0.262. The monoisotopic (exact) mass is 689 g/mol. The summed E-state index contributed by atoms with van der Waals surface area (Å²) < 4.78 is 43.8. The molecule has 0 radical (unpaired) electrons. The van der Waals surface area contributed by atoms with Gasteiger partial charge in [-0.2, -0.15) is 0 Å². The van der Waals surface area contributed by atoms with Gasteiger partial charge in [0.1, 0.15) is 42.5 Å². The molecule has 0 spiro atoms. The molecule has 1 amide bonds. The average molecular weight is 690 g/mol. The summed E-state index contributed by atoms with van der Waals surface area (Å²) >= 11 is 0. The van der Waals surface area contributed by atoms with Gasteiger partial charge in [-0.05, 0) is 46.5 Å². The van der Waals surface area contributed by atoms with Gasteiger partial charge in [0, 0.05) is 0 Å². The first-order valence-corrected chi connectivity index (χ1v) is 17.0. The minimum Gasteiger partial charge on any atom is -0.497 e. The Hall–Kier alpha value is -5.19. The van der Waals surface area contributed by atoms with Crippen LogP contribution >= 0.6 is 0 Å². The summed E-state index contributed by atoms with van der Waals surface area (Å²) in [5, 5.41) is 3.02. The van der Waals surface area contributed by atoms with Crippen molar-refractivity contribution >= 4 is 6.09 Å². The fourth-order valence-corrected chi connectivity index (χ4v) is 5.78. The molecular formula is C42H43NO8. The number of carbonyl (C=O) groups is 1. The van der Waals surface area contributed by atoms with Gasteiger partial charge in [-0.1, -0.05) is 121 Å². The Kier molecular flexibility index (Phi) is 13.1. The van der Waals surface area contributed by atoms with Gasteiger partial charge < -0.3 is 38.5 Å². The van der Waals surface area contributed by atoms with E-state index in [0.29, 0.717) is 18.1 Å². The summed E-state index contributed by atoms with van der Waals surface area (Å²) in [6, 6.07) is 45.4. The van der Waals surface area contributed by atoms with E-state index < -0.39 is 36.7 Å². The van der Waals surface area contributed by atoms with E-state index >= 15 is 0 Å². The predicted molar refractivity (Wildman–Crippen MR) is 192 cm³/mol. The maximum Gasteiger partial charge on any atom is 0.408 e. The molecular weight excluding hydrogens is 646 g/mol. The third-order valence-electron chi connectivity index (χ3n) is 8.42. The molecule has 9 nitrogen and oxygen atoms in total. The number of rotatable bonds is 16. The van der Waals surface area contributed by atoms with Crippen molar-refractivity contribution in [2.45, 2.75) is 57.1 Å². The highest BCUT2D eigenvalue weighted by atomic mass is 16.7. The minimum absolute atomic E-state index is 0.0870. The van der Waals surface area contributed by atoms with Crippen LogP contribution in [0.15, 0.2) is 146 Å². The van der Waals surface area contributed by atoms with Crippen molar-refractivity contribution in [3.05, 3.63) is 168 Å². The van der Waals surface area contributed by atoms with Crippen LogP contribution in [-0.4, -0.2) is 50.5 Å². The number of carbonyl (C=O) groups excluding carboxylic acids is 1. The quantitative estimate of drug-likeness (QED) is 0.114. The highest BCUT2D eigenvalue weighted by molar-refractivity contribution is 5.67. The Morgan fingerprint density at radius 3 is 1.59 bits per heavy atom. The van der Waals surface area contributed by atoms with Gasteiger partial charge in [-0.25, -0.2) is 4.79 Å². The van der Waals surface area contributed by atoms with E-state index in [0.717, 1.165) is 22.3 Å². The third kappa shape index (κ3) is 10.7. The molecule has 1 heterocycles. The second-order valence-electron chi connectivity index (χ2n) is 12.1. The Morgan fingerprint density at radius 1 is 0.588 bits per heavy atom. The zero-order valence-corrected chi connectivity index (χ0v) is 28.5. The van der Waals surface area contributed by atoms with E-state index in [4.69, 9.17) is 33.2 Å². The number of benzene rings is 5. The van der Waals surface area contributed by atoms with Crippen molar-refractivity contribution in [1.29, 1.82) is 0 Å². The second kappa shape index (κ2) is 18.7. The molecule has 5 aromatic rings. The number of nitrogens with one attached hydrogen (secondary N) is 1. The number of hydrogen-bond acceptors (Lipinski definition) is 8. The van der Waals surface area contributed by atoms with Crippen LogP contribution in [0.2, 0.25) is 0 Å². The molecule has 1 saturated heterocycles. The minimum atomic E-state index is -1.01. The van der Waals surface area contributed by atoms with Crippen LogP contribution in [0.4, 0.5) is 4.79 Å². The van der Waals surface area contributed by atoms with Crippen LogP contribution in [0.3, 0.4) is 0 Å². The second-order valence-corrected chi connectivity index (χ2v) is 12.1. The molecule has 51 heavy (non-hydrogen) atoms. The van der Waals surface area contributed by atoms with Gasteiger partial charge in [-0.3, -0.25) is 0 Å². The Balaban J connectivity index is 1.31. The smallest absolute Gasteiger partial charge is 0.408 e. The lowest BCUT2D eigenvalue weighted by atomic mass is 9.96. The summed E-state index contributed by atoms with van der Waals surface area (Å²) in [4.78, 5) is 13.5. The van der Waals surface area contributed by atoms with E-state index in [9.17, 15) is 4.79 Å². The molecule has 0 bridgehead atoms. The fourth-order valence-electron chi connectivity index (χ4n) is 5.78. The lowest BCUT2D eigenvalue weighted by Gasteiger charge is -2.46. The Bertz CT molecular complexity index is 1730. The van der Waals surface area contributed by atoms with Gasteiger partial charge in [0.05, 0.1) is 33.5 Å². The van der Waals surface area contributed by atoms with Crippen molar-refractivity contribution in [3.63, 3.8) is 0 Å². The van der Waals surface area contributed by atoms with Crippen molar-refractivity contribution in [1.82, 2.24) is 5.32 Å². The predicted octanol–water partition coefficient (Wildman–Crippen LogP) is 7.48. The molecule has 0 aliphatic carbocycles. The molecule has 9 heteroatoms. The van der Waals surface area contributed by atoms with Gasteiger partial charge in [-0.15, -0.1) is 0 Å². The molecule has 1 aliphatic heterocycles. The van der Waals surface area contributed by atoms with Crippen LogP contribution in [-0.2, 0) is 50.1 Å². The molecule has 1 aliphatic rings. The lowest BCUT2D eigenvalue weighted by molar-refractivity contribution is -0.269. The summed E-state index contributed by atoms with van der Waals surface area (Å²) in [6.07, 6.45) is -3.73. The lowest BCUT2D eigenvalue weighted by Crippen LogP contribution is -2.67. The molecule has 0 saturated carbocycles. The van der Waals surface area contributed by atoms with Crippen molar-refractivity contribution < 1.29 is 38.0 Å². The standard InChI is InChI=1S/C42H43NO8/c1-45-35-22-24-36(25-23-35)50-41-38(43-42(44)49-29-34-20-12-5-13-21-34)40(48-28-33-18-10-4-11-19-33)39(47-27-32-16-8-3-9-17-32)37(51-41)30-46-26-31-14-6-2-7-15-31/h2-25,37-41H,26-30H2,1H3,(H,43,44)/t37-,38-,39-,40-,41+/m1/s1. The summed E-state index contributed by atoms with van der Waals surface area (Å²) in [6.45, 7) is 1.17. The first kappa shape index (κ1) is 35.6. The van der Waals surface area contributed by atoms with E-state index in [1.807, 2.05) is 121 Å². The first-order valence-electron chi connectivity index (χ1n) is 17.0. The summed E-state index contributed by atoms with van der Waals surface area (Å²) in [7, 11) is 1.60. The molecule has 5 aromatic carbocycles. The Labute approximate surface area is 299 Å². The van der Waals surface area contributed by atoms with E-state index in [1.165, 1.54) is 0 Å². The highest BCUT2D eigenvalue weighted by Crippen LogP contribution is 2.31. The van der Waals surface area contributed by atoms with E-state index in [1.54, 1.807) is 31.4 Å². The topological polar surface area (TPSA) is 93.7 Å². The number of hydrogen-bond donors (Lipinski definition) is 1. The molecule has 0 unspecified atom stereocenters. The summed E-state index contributed by atoms with van der Waals surface area (Å²) in [5.41, 5.74) is 3.82. The Morgan fingerprint density at radius 2 is 1.06 bits per heavy atom. The first-order chi connectivity index (χ1) is 25.1. The van der Waals surface area contributed by atoms with Crippen LogP contribution in [0.1, 0.15) is 22.3 Å². The van der Waals surface area contributed by atoms with Crippen molar-refractivity contribution in [3.8, 4) is 11.5 Å². The number of alkyl carbamates (subject to hydrolysis) is 1. The zero-order chi connectivity index (χ0) is 35.1.